The monoisotopic (exact) mass is 495 g/mol. The van der Waals surface area contributed by atoms with Crippen LogP contribution in [0.2, 0.25) is 0 Å². The number of hydrogen-bond acceptors (Lipinski definition) is 5. The van der Waals surface area contributed by atoms with Crippen LogP contribution in [0.15, 0.2) is 39.7 Å². The van der Waals surface area contributed by atoms with Gasteiger partial charge in [0.25, 0.3) is 5.91 Å². The SMILES string of the molecule is Cc1ccc(NC(=O)CN(C)S(=O)(=O)c2cc3c(cc2C)NC(=O)C(C)O3)c(Br)c1. The highest BCUT2D eigenvalue weighted by molar-refractivity contribution is 9.10. The van der Waals surface area contributed by atoms with Gasteiger partial charge < -0.3 is 15.4 Å². The van der Waals surface area contributed by atoms with Gasteiger partial charge in [-0.2, -0.15) is 4.31 Å². The third-order valence-corrected chi connectivity index (χ3v) is 7.26. The normalized spacial score (nSPS) is 15.9. The van der Waals surface area contributed by atoms with Gasteiger partial charge in [0.15, 0.2) is 6.10 Å². The summed E-state index contributed by atoms with van der Waals surface area (Å²) in [7, 11) is -2.63. The average molecular weight is 496 g/mol. The van der Waals surface area contributed by atoms with Crippen molar-refractivity contribution in [3.63, 3.8) is 0 Å². The zero-order chi connectivity index (χ0) is 22.2. The molecule has 0 bridgehead atoms. The summed E-state index contributed by atoms with van der Waals surface area (Å²) in [6.07, 6.45) is -0.729. The highest BCUT2D eigenvalue weighted by atomic mass is 79.9. The lowest BCUT2D eigenvalue weighted by Gasteiger charge is -2.25. The van der Waals surface area contributed by atoms with Crippen LogP contribution in [-0.4, -0.2) is 44.2 Å². The van der Waals surface area contributed by atoms with E-state index in [0.29, 0.717) is 21.4 Å². The molecule has 0 aliphatic carbocycles. The summed E-state index contributed by atoms with van der Waals surface area (Å²) >= 11 is 3.38. The number of nitrogens with zero attached hydrogens (tertiary/aromatic N) is 1. The van der Waals surface area contributed by atoms with Gasteiger partial charge in [-0.05, 0) is 66.0 Å². The van der Waals surface area contributed by atoms with E-state index in [1.165, 1.54) is 13.1 Å². The van der Waals surface area contributed by atoms with E-state index in [2.05, 4.69) is 26.6 Å². The molecule has 30 heavy (non-hydrogen) atoms. The lowest BCUT2D eigenvalue weighted by Crippen LogP contribution is -2.36. The first kappa shape index (κ1) is 22.3. The number of likely N-dealkylation sites (N-methyl/N-ethyl adjacent to an activating group) is 1. The molecular formula is C20H22BrN3O5S. The standard InChI is InChI=1S/C20H22BrN3O5S/c1-11-5-6-15(14(21)7-11)22-19(25)10-24(4)30(27,28)18-9-17-16(8-12(18)2)23-20(26)13(3)29-17/h5-9,13H,10H2,1-4H3,(H,22,25)(H,23,26). The zero-order valence-corrected chi connectivity index (χ0v) is 19.3. The van der Waals surface area contributed by atoms with Gasteiger partial charge in [-0.3, -0.25) is 9.59 Å². The molecule has 10 heteroatoms. The first-order valence-electron chi connectivity index (χ1n) is 9.13. The number of carbonyl (C=O) groups excluding carboxylic acids is 2. The zero-order valence-electron chi connectivity index (χ0n) is 16.9. The molecule has 0 saturated carbocycles. The van der Waals surface area contributed by atoms with Crippen LogP contribution in [0.25, 0.3) is 0 Å². The molecule has 2 aromatic carbocycles. The minimum Gasteiger partial charge on any atom is -0.479 e. The average Bonchev–Trinajstić information content (AvgIpc) is 2.64. The quantitative estimate of drug-likeness (QED) is 0.662. The molecule has 1 atom stereocenters. The summed E-state index contributed by atoms with van der Waals surface area (Å²) in [5, 5.41) is 5.39. The fourth-order valence-corrected chi connectivity index (χ4v) is 4.92. The molecule has 0 saturated heterocycles. The highest BCUT2D eigenvalue weighted by Crippen LogP contribution is 2.35. The maximum absolute atomic E-state index is 13.1. The van der Waals surface area contributed by atoms with E-state index in [-0.39, 0.29) is 23.1 Å². The Balaban J connectivity index is 1.80. The molecule has 2 N–H and O–H groups in total. The molecule has 1 unspecified atom stereocenters. The summed E-state index contributed by atoms with van der Waals surface area (Å²) in [5.41, 5.74) is 2.43. The molecule has 1 heterocycles. The minimum atomic E-state index is -3.97. The van der Waals surface area contributed by atoms with Crippen molar-refractivity contribution in [2.45, 2.75) is 31.8 Å². The first-order valence-corrected chi connectivity index (χ1v) is 11.4. The smallest absolute Gasteiger partial charge is 0.265 e. The van der Waals surface area contributed by atoms with Gasteiger partial charge >= 0.3 is 0 Å². The lowest BCUT2D eigenvalue weighted by atomic mass is 10.1. The van der Waals surface area contributed by atoms with Crippen LogP contribution < -0.4 is 15.4 Å². The van der Waals surface area contributed by atoms with E-state index in [9.17, 15) is 18.0 Å². The van der Waals surface area contributed by atoms with E-state index in [4.69, 9.17) is 4.74 Å². The van der Waals surface area contributed by atoms with Crippen molar-refractivity contribution in [1.29, 1.82) is 0 Å². The summed E-state index contributed by atoms with van der Waals surface area (Å²) in [6, 6.07) is 8.36. The van der Waals surface area contributed by atoms with E-state index in [1.54, 1.807) is 26.0 Å². The molecular weight excluding hydrogens is 474 g/mol. The predicted molar refractivity (Wildman–Crippen MR) is 117 cm³/mol. The summed E-state index contributed by atoms with van der Waals surface area (Å²) in [4.78, 5) is 24.2. The van der Waals surface area contributed by atoms with Crippen LogP contribution in [0.5, 0.6) is 5.75 Å². The van der Waals surface area contributed by atoms with Crippen molar-refractivity contribution >= 4 is 49.1 Å². The van der Waals surface area contributed by atoms with Gasteiger partial charge in [0.05, 0.1) is 22.8 Å². The number of hydrogen-bond donors (Lipinski definition) is 2. The van der Waals surface area contributed by atoms with E-state index in [1.807, 2.05) is 19.1 Å². The number of rotatable bonds is 5. The number of sulfonamides is 1. The Kier molecular flexibility index (Phi) is 6.21. The molecule has 3 rings (SSSR count). The second-order valence-electron chi connectivity index (χ2n) is 7.16. The van der Waals surface area contributed by atoms with Crippen LogP contribution in [0.4, 0.5) is 11.4 Å². The predicted octanol–water partition coefficient (Wildman–Crippen LogP) is 3.04. The van der Waals surface area contributed by atoms with E-state index in [0.717, 1.165) is 9.87 Å². The van der Waals surface area contributed by atoms with Gasteiger partial charge in [-0.25, -0.2) is 8.42 Å². The van der Waals surface area contributed by atoms with Crippen LogP contribution in [0.1, 0.15) is 18.1 Å². The Bertz CT molecular complexity index is 1130. The molecule has 0 radical (unpaired) electrons. The van der Waals surface area contributed by atoms with Gasteiger partial charge in [-0.1, -0.05) is 6.07 Å². The number of benzene rings is 2. The van der Waals surface area contributed by atoms with Gasteiger partial charge in [0, 0.05) is 17.6 Å². The van der Waals surface area contributed by atoms with Crippen molar-refractivity contribution in [2.75, 3.05) is 24.2 Å². The minimum absolute atomic E-state index is 0.0106. The van der Waals surface area contributed by atoms with Gasteiger partial charge in [0.2, 0.25) is 15.9 Å². The van der Waals surface area contributed by atoms with Crippen LogP contribution in [-0.2, 0) is 19.6 Å². The Morgan fingerprint density at radius 2 is 1.97 bits per heavy atom. The molecule has 1 aliphatic rings. The fourth-order valence-electron chi connectivity index (χ4n) is 2.99. The van der Waals surface area contributed by atoms with Gasteiger partial charge in [-0.15, -0.1) is 0 Å². The largest absolute Gasteiger partial charge is 0.479 e. The highest BCUT2D eigenvalue weighted by Gasteiger charge is 2.30. The number of fused-ring (bicyclic) bond motifs is 1. The topological polar surface area (TPSA) is 105 Å². The summed E-state index contributed by atoms with van der Waals surface area (Å²) in [5.74, 6) is -0.500. The number of nitrogens with one attached hydrogen (secondary N) is 2. The summed E-state index contributed by atoms with van der Waals surface area (Å²) < 4.78 is 33.4. The van der Waals surface area contributed by atoms with E-state index < -0.39 is 22.0 Å². The molecule has 0 fully saturated rings. The Morgan fingerprint density at radius 3 is 2.63 bits per heavy atom. The number of halogens is 1. The van der Waals surface area contributed by atoms with E-state index >= 15 is 0 Å². The van der Waals surface area contributed by atoms with Crippen LogP contribution >= 0.6 is 15.9 Å². The van der Waals surface area contributed by atoms with Crippen molar-refractivity contribution in [3.8, 4) is 5.75 Å². The molecule has 2 aromatic rings. The van der Waals surface area contributed by atoms with Crippen molar-refractivity contribution in [3.05, 3.63) is 45.9 Å². The second kappa shape index (κ2) is 8.37. The number of anilines is 2. The van der Waals surface area contributed by atoms with Gasteiger partial charge in [0.1, 0.15) is 5.75 Å². The van der Waals surface area contributed by atoms with Crippen LogP contribution in [0.3, 0.4) is 0 Å². The molecule has 0 aromatic heterocycles. The maximum atomic E-state index is 13.1. The molecule has 160 valence electrons. The van der Waals surface area contributed by atoms with Crippen LogP contribution in [0, 0.1) is 13.8 Å². The van der Waals surface area contributed by atoms with Crippen molar-refractivity contribution < 1.29 is 22.7 Å². The lowest BCUT2D eigenvalue weighted by molar-refractivity contribution is -0.122. The van der Waals surface area contributed by atoms with Crippen molar-refractivity contribution in [2.24, 2.45) is 0 Å². The maximum Gasteiger partial charge on any atom is 0.265 e. The Labute approximate surface area is 183 Å². The fraction of sp³-hybridized carbons (Fsp3) is 0.300. The molecule has 2 amide bonds. The van der Waals surface area contributed by atoms with Crippen molar-refractivity contribution in [1.82, 2.24) is 4.31 Å². The third-order valence-electron chi connectivity index (χ3n) is 4.66. The molecule has 1 aliphatic heterocycles. The number of amides is 2. The molecule has 0 spiro atoms. The number of aryl methyl sites for hydroxylation is 2. The summed E-state index contributed by atoms with van der Waals surface area (Å²) in [6.45, 7) is 4.75. The molecule has 8 nitrogen and oxygen atoms in total. The second-order valence-corrected chi connectivity index (χ2v) is 10.0. The Morgan fingerprint density at radius 1 is 1.27 bits per heavy atom. The number of ether oxygens (including phenoxy) is 1. The third kappa shape index (κ3) is 4.50. The Hall–Kier alpha value is -2.43. The first-order chi connectivity index (χ1) is 14.0. The number of carbonyl (C=O) groups is 2.